The largest absolute Gasteiger partial charge is 0.493 e. The first-order chi connectivity index (χ1) is 13.4. The lowest BCUT2D eigenvalue weighted by Crippen LogP contribution is -2.30. The molecule has 7 heteroatoms. The number of benzene rings is 2. The van der Waals surface area contributed by atoms with Crippen LogP contribution in [0.4, 0.5) is 4.79 Å². The van der Waals surface area contributed by atoms with E-state index in [4.69, 9.17) is 21.1 Å². The van der Waals surface area contributed by atoms with Crippen LogP contribution in [0, 0.1) is 0 Å². The Morgan fingerprint density at radius 2 is 1.89 bits per heavy atom. The van der Waals surface area contributed by atoms with E-state index in [9.17, 15) is 9.59 Å². The highest BCUT2D eigenvalue weighted by Gasteiger charge is 2.33. The molecule has 3 amide bonds. The molecule has 0 unspecified atom stereocenters. The standard InChI is InChI=1S/C21H21ClN2O4/c1-13(2)28-19-16(22)9-15(11-18(19)27-3)10-17-20(25)24(21(26)23-17)12-14-7-5-4-6-8-14/h4-11,13H,12H2,1-3H3,(H,23,26)/b17-10+. The van der Waals surface area contributed by atoms with Crippen molar-refractivity contribution in [2.24, 2.45) is 0 Å². The van der Waals surface area contributed by atoms with Gasteiger partial charge in [0.2, 0.25) is 0 Å². The molecule has 146 valence electrons. The fourth-order valence-electron chi connectivity index (χ4n) is 2.82. The van der Waals surface area contributed by atoms with Gasteiger partial charge in [0.1, 0.15) is 5.70 Å². The summed E-state index contributed by atoms with van der Waals surface area (Å²) in [5.74, 6) is 0.492. The number of urea groups is 1. The van der Waals surface area contributed by atoms with E-state index in [0.717, 1.165) is 10.5 Å². The van der Waals surface area contributed by atoms with E-state index < -0.39 is 11.9 Å². The first-order valence-corrected chi connectivity index (χ1v) is 9.19. The van der Waals surface area contributed by atoms with Crippen molar-refractivity contribution in [3.8, 4) is 11.5 Å². The number of nitrogens with one attached hydrogen (secondary N) is 1. The van der Waals surface area contributed by atoms with Crippen molar-refractivity contribution >= 4 is 29.6 Å². The average Bonchev–Trinajstić information content (AvgIpc) is 2.91. The fraction of sp³-hybridized carbons (Fsp3) is 0.238. The Labute approximate surface area is 168 Å². The number of ether oxygens (including phenoxy) is 2. The first kappa shape index (κ1) is 19.8. The van der Waals surface area contributed by atoms with Gasteiger partial charge in [-0.25, -0.2) is 4.79 Å². The van der Waals surface area contributed by atoms with Gasteiger partial charge in [-0.15, -0.1) is 0 Å². The van der Waals surface area contributed by atoms with Gasteiger partial charge >= 0.3 is 6.03 Å². The topological polar surface area (TPSA) is 67.9 Å². The van der Waals surface area contributed by atoms with E-state index in [-0.39, 0.29) is 18.3 Å². The van der Waals surface area contributed by atoms with Gasteiger partial charge in [0.25, 0.3) is 5.91 Å². The third kappa shape index (κ3) is 4.28. The van der Waals surface area contributed by atoms with Crippen molar-refractivity contribution < 1.29 is 19.1 Å². The monoisotopic (exact) mass is 400 g/mol. The van der Waals surface area contributed by atoms with Crippen molar-refractivity contribution in [1.82, 2.24) is 10.2 Å². The van der Waals surface area contributed by atoms with Crippen molar-refractivity contribution in [2.75, 3.05) is 7.11 Å². The molecule has 0 saturated carbocycles. The number of hydrogen-bond donors (Lipinski definition) is 1. The molecule has 0 radical (unpaired) electrons. The number of hydrogen-bond acceptors (Lipinski definition) is 4. The van der Waals surface area contributed by atoms with Crippen molar-refractivity contribution in [1.29, 1.82) is 0 Å². The summed E-state index contributed by atoms with van der Waals surface area (Å²) in [6.45, 7) is 3.98. The van der Waals surface area contributed by atoms with Gasteiger partial charge in [-0.3, -0.25) is 9.69 Å². The van der Waals surface area contributed by atoms with Crippen LogP contribution in [-0.4, -0.2) is 30.1 Å². The Kier molecular flexibility index (Phi) is 5.90. The zero-order chi connectivity index (χ0) is 20.3. The molecule has 0 bridgehead atoms. The predicted molar refractivity (Wildman–Crippen MR) is 107 cm³/mol. The van der Waals surface area contributed by atoms with Crippen LogP contribution in [0.2, 0.25) is 5.02 Å². The minimum Gasteiger partial charge on any atom is -0.493 e. The second kappa shape index (κ2) is 8.35. The number of imide groups is 1. The lowest BCUT2D eigenvalue weighted by molar-refractivity contribution is -0.123. The van der Waals surface area contributed by atoms with Crippen LogP contribution in [0.25, 0.3) is 6.08 Å². The summed E-state index contributed by atoms with van der Waals surface area (Å²) in [6.07, 6.45) is 1.50. The third-order valence-electron chi connectivity index (χ3n) is 4.06. The molecule has 1 saturated heterocycles. The van der Waals surface area contributed by atoms with Gasteiger partial charge in [-0.2, -0.15) is 0 Å². The zero-order valence-electron chi connectivity index (χ0n) is 15.9. The van der Waals surface area contributed by atoms with E-state index in [1.54, 1.807) is 18.2 Å². The second-order valence-electron chi connectivity index (χ2n) is 6.57. The molecule has 0 aliphatic carbocycles. The molecule has 0 spiro atoms. The molecule has 1 aliphatic rings. The number of halogens is 1. The lowest BCUT2D eigenvalue weighted by Gasteiger charge is -2.15. The van der Waals surface area contributed by atoms with Crippen LogP contribution < -0.4 is 14.8 Å². The molecule has 0 atom stereocenters. The minimum atomic E-state index is -0.460. The maximum Gasteiger partial charge on any atom is 0.329 e. The van der Waals surface area contributed by atoms with Crippen molar-refractivity contribution in [3.05, 3.63) is 64.3 Å². The second-order valence-corrected chi connectivity index (χ2v) is 6.97. The molecule has 1 aliphatic heterocycles. The smallest absolute Gasteiger partial charge is 0.329 e. The van der Waals surface area contributed by atoms with E-state index in [2.05, 4.69) is 5.32 Å². The normalized spacial score (nSPS) is 15.3. The summed E-state index contributed by atoms with van der Waals surface area (Å²) in [4.78, 5) is 26.1. The molecular formula is C21H21ClN2O4. The summed E-state index contributed by atoms with van der Waals surface area (Å²) in [7, 11) is 1.51. The maximum atomic E-state index is 12.7. The summed E-state index contributed by atoms with van der Waals surface area (Å²) < 4.78 is 11.0. The molecule has 1 fully saturated rings. The van der Waals surface area contributed by atoms with Crippen LogP contribution in [0.15, 0.2) is 48.2 Å². The molecule has 2 aromatic rings. The Morgan fingerprint density at radius 3 is 2.54 bits per heavy atom. The molecule has 6 nitrogen and oxygen atoms in total. The van der Waals surface area contributed by atoms with E-state index in [1.807, 2.05) is 44.2 Å². The van der Waals surface area contributed by atoms with Crippen LogP contribution in [-0.2, 0) is 11.3 Å². The minimum absolute atomic E-state index is 0.0714. The van der Waals surface area contributed by atoms with Crippen LogP contribution in [0.3, 0.4) is 0 Å². The Balaban J connectivity index is 1.86. The lowest BCUT2D eigenvalue weighted by atomic mass is 10.1. The van der Waals surface area contributed by atoms with E-state index in [0.29, 0.717) is 22.1 Å². The van der Waals surface area contributed by atoms with Gasteiger partial charge in [-0.1, -0.05) is 41.9 Å². The molecule has 2 aromatic carbocycles. The molecule has 3 rings (SSSR count). The van der Waals surface area contributed by atoms with Crippen LogP contribution >= 0.6 is 11.6 Å². The highest BCUT2D eigenvalue weighted by molar-refractivity contribution is 6.32. The number of carbonyl (C=O) groups excluding carboxylic acids is 2. The summed E-state index contributed by atoms with van der Waals surface area (Å²) in [6, 6.07) is 12.2. The zero-order valence-corrected chi connectivity index (χ0v) is 16.6. The summed E-state index contributed by atoms with van der Waals surface area (Å²) >= 11 is 6.33. The van der Waals surface area contributed by atoms with Crippen molar-refractivity contribution in [3.63, 3.8) is 0 Å². The number of rotatable bonds is 6. The van der Waals surface area contributed by atoms with Gasteiger partial charge in [0.15, 0.2) is 11.5 Å². The summed E-state index contributed by atoms with van der Waals surface area (Å²) in [5, 5.41) is 2.97. The quantitative estimate of drug-likeness (QED) is 0.582. The highest BCUT2D eigenvalue weighted by Crippen LogP contribution is 2.37. The molecule has 1 heterocycles. The Bertz CT molecular complexity index is 926. The molecule has 28 heavy (non-hydrogen) atoms. The van der Waals surface area contributed by atoms with Crippen molar-refractivity contribution in [2.45, 2.75) is 26.5 Å². The number of nitrogens with zero attached hydrogens (tertiary/aromatic N) is 1. The van der Waals surface area contributed by atoms with E-state index >= 15 is 0 Å². The molecule has 0 aromatic heterocycles. The number of methoxy groups -OCH3 is 1. The van der Waals surface area contributed by atoms with E-state index in [1.165, 1.54) is 7.11 Å². The number of amides is 3. The third-order valence-corrected chi connectivity index (χ3v) is 4.34. The molecular weight excluding hydrogens is 380 g/mol. The Morgan fingerprint density at radius 1 is 1.18 bits per heavy atom. The first-order valence-electron chi connectivity index (χ1n) is 8.81. The van der Waals surface area contributed by atoms with Gasteiger partial charge < -0.3 is 14.8 Å². The Hall–Kier alpha value is -2.99. The highest BCUT2D eigenvalue weighted by atomic mass is 35.5. The average molecular weight is 401 g/mol. The van der Waals surface area contributed by atoms with Gasteiger partial charge in [0.05, 0.1) is 24.8 Å². The number of carbonyl (C=O) groups is 2. The SMILES string of the molecule is COc1cc(/C=C2/NC(=O)N(Cc3ccccc3)C2=O)cc(Cl)c1OC(C)C. The fourth-order valence-corrected chi connectivity index (χ4v) is 3.08. The molecule has 1 N–H and O–H groups in total. The summed E-state index contributed by atoms with van der Waals surface area (Å²) in [5.41, 5.74) is 1.66. The van der Waals surface area contributed by atoms with Crippen LogP contribution in [0.1, 0.15) is 25.0 Å². The predicted octanol–water partition coefficient (Wildman–Crippen LogP) is 4.23. The van der Waals surface area contributed by atoms with Gasteiger partial charge in [-0.05, 0) is 43.2 Å². The van der Waals surface area contributed by atoms with Gasteiger partial charge in [0, 0.05) is 0 Å². The van der Waals surface area contributed by atoms with Crippen LogP contribution in [0.5, 0.6) is 11.5 Å². The maximum absolute atomic E-state index is 12.7.